The first-order chi connectivity index (χ1) is 23.0. The van der Waals surface area contributed by atoms with E-state index in [4.69, 9.17) is 14.7 Å². The number of aliphatic hydroxyl groups excluding tert-OH is 3. The normalized spacial score (nSPS) is 15.8. The van der Waals surface area contributed by atoms with Crippen LogP contribution in [0.4, 0.5) is 10.5 Å². The average molecular weight is 642 g/mol. The molecule has 6 N–H and O–H groups in total. The number of rotatable bonds is 4. The van der Waals surface area contributed by atoms with E-state index in [0.717, 1.165) is 39.1 Å². The van der Waals surface area contributed by atoms with Crippen molar-refractivity contribution in [2.24, 2.45) is 0 Å². The molecule has 1 amide bonds. The third-order valence-electron chi connectivity index (χ3n) is 8.11. The zero-order valence-corrected chi connectivity index (χ0v) is 26.7. The summed E-state index contributed by atoms with van der Waals surface area (Å²) in [5.74, 6) is 0. The van der Waals surface area contributed by atoms with Gasteiger partial charge >= 0.3 is 6.09 Å². The number of aliphatic hydroxyl groups is 3. The molecular weight excluding hydrogens is 606 g/mol. The van der Waals surface area contributed by atoms with Gasteiger partial charge in [0.05, 0.1) is 29.4 Å². The number of ether oxygens (including phenoxy) is 1. The van der Waals surface area contributed by atoms with Gasteiger partial charge in [-0.15, -0.1) is 0 Å². The summed E-state index contributed by atoms with van der Waals surface area (Å²) in [6.45, 7) is 5.35. The fourth-order valence-corrected chi connectivity index (χ4v) is 5.91. The lowest BCUT2D eigenvalue weighted by Gasteiger charge is -2.19. The highest BCUT2D eigenvalue weighted by Crippen LogP contribution is 2.40. The summed E-state index contributed by atoms with van der Waals surface area (Å²) in [5.41, 5.74) is 8.90. The summed E-state index contributed by atoms with van der Waals surface area (Å²) in [5, 5.41) is 34.9. The number of hydrogen-bond donors (Lipinski definition) is 6. The van der Waals surface area contributed by atoms with Gasteiger partial charge in [0.15, 0.2) is 0 Å². The van der Waals surface area contributed by atoms with Crippen molar-refractivity contribution >= 4 is 46.0 Å². The Balaban J connectivity index is 1.42. The molecule has 10 heteroatoms. The summed E-state index contributed by atoms with van der Waals surface area (Å²) in [6, 6.07) is 26.1. The van der Waals surface area contributed by atoms with Gasteiger partial charge < -0.3 is 30.0 Å². The first kappa shape index (κ1) is 31.1. The number of anilines is 1. The van der Waals surface area contributed by atoms with Crippen molar-refractivity contribution in [3.63, 3.8) is 0 Å². The zero-order valence-electron chi connectivity index (χ0n) is 26.7. The van der Waals surface area contributed by atoms with Crippen LogP contribution >= 0.6 is 0 Å². The molecule has 0 aliphatic carbocycles. The Bertz CT molecular complexity index is 2210. The van der Waals surface area contributed by atoms with Gasteiger partial charge in [-0.05, 0) is 98.1 Å². The van der Waals surface area contributed by atoms with Gasteiger partial charge in [0.2, 0.25) is 0 Å². The first-order valence-electron chi connectivity index (χ1n) is 15.6. The Kier molecular flexibility index (Phi) is 7.92. The Labute approximate surface area is 276 Å². The number of amides is 1. The number of carbonyl (C=O) groups excluding carboxylic acids is 1. The second-order valence-corrected chi connectivity index (χ2v) is 12.8. The number of hydrogen-bond acceptors (Lipinski definition) is 7. The van der Waals surface area contributed by atoms with Crippen LogP contribution in [0.15, 0.2) is 84.9 Å². The molecule has 0 fully saturated rings. The standard InChI is InChI=1S/C38H35N5O5/c1-38(2,3)48-37(47)42-24-10-8-23(9-11-24)33-30-17-13-26(40-30)18-25-12-15-28(39-25)32(22-6-4-21(20-44)5-7-22)29-16-14-27(41-29)19-31-35(45)36(46)34(33)43-31/h4-19,35-36,40-41,44-46H,20H2,1-3H3,(H,42,47). The van der Waals surface area contributed by atoms with Gasteiger partial charge in [-0.25, -0.2) is 9.78 Å². The minimum absolute atomic E-state index is 0.0475. The van der Waals surface area contributed by atoms with Gasteiger partial charge in [-0.3, -0.25) is 10.3 Å². The second-order valence-electron chi connectivity index (χ2n) is 12.8. The van der Waals surface area contributed by atoms with E-state index in [-0.39, 0.29) is 6.61 Å². The Morgan fingerprint density at radius 3 is 2.08 bits per heavy atom. The maximum Gasteiger partial charge on any atom is 0.412 e. The fraction of sp³-hybridized carbons (Fsp3) is 0.184. The van der Waals surface area contributed by atoms with Crippen LogP contribution < -0.4 is 5.32 Å². The van der Waals surface area contributed by atoms with Gasteiger partial charge in [0, 0.05) is 38.9 Å². The van der Waals surface area contributed by atoms with Crippen LogP contribution in [0.5, 0.6) is 0 Å². The highest BCUT2D eigenvalue weighted by Gasteiger charge is 2.32. The minimum Gasteiger partial charge on any atom is -0.444 e. The summed E-state index contributed by atoms with van der Waals surface area (Å²) < 4.78 is 5.38. The van der Waals surface area contributed by atoms with E-state index in [0.29, 0.717) is 39.2 Å². The van der Waals surface area contributed by atoms with Crippen molar-refractivity contribution in [3.05, 3.63) is 113 Å². The molecule has 2 aliphatic rings. The van der Waals surface area contributed by atoms with Gasteiger partial charge in [-0.2, -0.15) is 0 Å². The molecule has 5 heterocycles. The van der Waals surface area contributed by atoms with Crippen molar-refractivity contribution in [1.29, 1.82) is 0 Å². The third-order valence-corrected chi connectivity index (χ3v) is 8.11. The Hall–Kier alpha value is -5.55. The summed E-state index contributed by atoms with van der Waals surface area (Å²) in [4.78, 5) is 29.0. The van der Waals surface area contributed by atoms with E-state index < -0.39 is 23.9 Å². The fourth-order valence-electron chi connectivity index (χ4n) is 5.91. The maximum atomic E-state index is 12.3. The first-order valence-corrected chi connectivity index (χ1v) is 15.6. The summed E-state index contributed by atoms with van der Waals surface area (Å²) in [6.07, 6.45) is 0.804. The smallest absolute Gasteiger partial charge is 0.412 e. The molecule has 48 heavy (non-hydrogen) atoms. The highest BCUT2D eigenvalue weighted by atomic mass is 16.6. The van der Waals surface area contributed by atoms with Crippen LogP contribution in [-0.4, -0.2) is 46.9 Å². The Morgan fingerprint density at radius 2 is 1.42 bits per heavy atom. The monoisotopic (exact) mass is 641 g/mol. The van der Waals surface area contributed by atoms with Gasteiger partial charge in [0.25, 0.3) is 0 Å². The summed E-state index contributed by atoms with van der Waals surface area (Å²) in [7, 11) is 0. The number of H-pyrrole nitrogens is 2. The zero-order chi connectivity index (χ0) is 33.6. The SMILES string of the molecule is CC(C)(C)OC(=O)Nc1ccc(-c2c3nc(cc4ccc([nH]4)c(-c4ccc(CO)cc4)c4nc(cc5ccc2[nH]5)C=C4)C(O)C3O)cc1. The lowest BCUT2D eigenvalue weighted by atomic mass is 9.99. The third kappa shape index (κ3) is 6.24. The van der Waals surface area contributed by atoms with E-state index in [1.54, 1.807) is 39.0 Å². The maximum absolute atomic E-state index is 12.3. The van der Waals surface area contributed by atoms with Crippen molar-refractivity contribution < 1.29 is 24.9 Å². The van der Waals surface area contributed by atoms with E-state index in [1.165, 1.54) is 0 Å². The predicted molar refractivity (Wildman–Crippen MR) is 187 cm³/mol. The topological polar surface area (TPSA) is 156 Å². The quantitative estimate of drug-likeness (QED) is 0.117. The molecular formula is C38H35N5O5. The van der Waals surface area contributed by atoms with Gasteiger partial charge in [0.1, 0.15) is 17.8 Å². The highest BCUT2D eigenvalue weighted by molar-refractivity contribution is 5.91. The second kappa shape index (κ2) is 12.2. The molecule has 5 aromatic rings. The number of aromatic amines is 2. The molecule has 0 saturated carbocycles. The molecule has 8 bridgehead atoms. The van der Waals surface area contributed by atoms with Crippen LogP contribution in [-0.2, 0) is 11.3 Å². The number of nitrogens with one attached hydrogen (secondary N) is 3. The molecule has 0 saturated heterocycles. The molecule has 2 aromatic carbocycles. The molecule has 3 aromatic heterocycles. The number of benzene rings is 2. The van der Waals surface area contributed by atoms with Crippen LogP contribution in [0.2, 0.25) is 0 Å². The van der Waals surface area contributed by atoms with E-state index >= 15 is 0 Å². The van der Waals surface area contributed by atoms with Crippen molar-refractivity contribution in [3.8, 4) is 22.3 Å². The molecule has 7 rings (SSSR count). The predicted octanol–water partition coefficient (Wildman–Crippen LogP) is 7.43. The minimum atomic E-state index is -1.29. The molecule has 10 nitrogen and oxygen atoms in total. The number of carbonyl (C=O) groups is 1. The summed E-state index contributed by atoms with van der Waals surface area (Å²) >= 11 is 0. The lowest BCUT2D eigenvalue weighted by Crippen LogP contribution is -2.27. The molecule has 2 aliphatic heterocycles. The average Bonchev–Trinajstić information content (AvgIpc) is 3.86. The number of nitrogens with zero attached hydrogens (tertiary/aromatic N) is 2. The molecule has 242 valence electrons. The van der Waals surface area contributed by atoms with E-state index in [2.05, 4.69) is 15.3 Å². The van der Waals surface area contributed by atoms with Crippen molar-refractivity contribution in [2.45, 2.75) is 45.2 Å². The molecule has 2 atom stereocenters. The van der Waals surface area contributed by atoms with E-state index in [1.807, 2.05) is 78.9 Å². The number of aromatic nitrogens is 4. The van der Waals surface area contributed by atoms with Crippen LogP contribution in [0, 0.1) is 0 Å². The van der Waals surface area contributed by atoms with Crippen LogP contribution in [0.1, 0.15) is 61.3 Å². The van der Waals surface area contributed by atoms with Crippen molar-refractivity contribution in [2.75, 3.05) is 5.32 Å². The largest absolute Gasteiger partial charge is 0.444 e. The Morgan fingerprint density at radius 1 is 0.792 bits per heavy atom. The van der Waals surface area contributed by atoms with E-state index in [9.17, 15) is 20.1 Å². The molecule has 2 unspecified atom stereocenters. The van der Waals surface area contributed by atoms with Crippen LogP contribution in [0.3, 0.4) is 0 Å². The number of fused-ring (bicyclic) bond motifs is 8. The van der Waals surface area contributed by atoms with Crippen molar-refractivity contribution in [1.82, 2.24) is 19.9 Å². The molecule has 0 spiro atoms. The molecule has 0 radical (unpaired) electrons. The van der Waals surface area contributed by atoms with Crippen LogP contribution in [0.25, 0.3) is 56.5 Å². The van der Waals surface area contributed by atoms with Gasteiger partial charge in [-0.1, -0.05) is 36.4 Å². The lowest BCUT2D eigenvalue weighted by molar-refractivity contribution is 0.0257.